The number of morpholine rings is 1. The number of carbonyl (C=O) groups is 1. The summed E-state index contributed by atoms with van der Waals surface area (Å²) >= 11 is 0. The summed E-state index contributed by atoms with van der Waals surface area (Å²) in [6.07, 6.45) is 2.63. The fourth-order valence-electron chi connectivity index (χ4n) is 2.16. The largest absolute Gasteiger partial charge is 0.371 e. The van der Waals surface area contributed by atoms with E-state index in [0.717, 1.165) is 12.8 Å². The lowest BCUT2D eigenvalue weighted by Crippen LogP contribution is -2.51. The van der Waals surface area contributed by atoms with Gasteiger partial charge in [0.2, 0.25) is 0 Å². The molecule has 1 fully saturated rings. The first-order valence-corrected chi connectivity index (χ1v) is 7.20. The third-order valence-electron chi connectivity index (χ3n) is 3.43. The highest BCUT2D eigenvalue weighted by atomic mass is 16.5. The number of urea groups is 1. The molecule has 1 aliphatic rings. The van der Waals surface area contributed by atoms with Crippen molar-refractivity contribution in [2.45, 2.75) is 52.2 Å². The second kappa shape index (κ2) is 6.69. The van der Waals surface area contributed by atoms with Gasteiger partial charge >= 0.3 is 12.0 Å². The Morgan fingerprint density at radius 3 is 2.45 bits per heavy atom. The second-order valence-corrected chi connectivity index (χ2v) is 4.90. The van der Waals surface area contributed by atoms with Crippen LogP contribution in [0.3, 0.4) is 0 Å². The molecule has 1 aromatic rings. The van der Waals surface area contributed by atoms with Gasteiger partial charge < -0.3 is 14.2 Å². The van der Waals surface area contributed by atoms with E-state index in [2.05, 4.69) is 29.3 Å². The summed E-state index contributed by atoms with van der Waals surface area (Å²) in [5.41, 5.74) is 0. The SMILES string of the molecule is CCc1noc(NC(=O)N2CC(CC)OC(CC)C2)n1. The molecule has 2 atom stereocenters. The Morgan fingerprint density at radius 2 is 1.95 bits per heavy atom. The minimum atomic E-state index is -0.212. The molecule has 112 valence electrons. The summed E-state index contributed by atoms with van der Waals surface area (Å²) in [7, 11) is 0. The van der Waals surface area contributed by atoms with Gasteiger partial charge in [0.15, 0.2) is 5.82 Å². The molecule has 1 saturated heterocycles. The Labute approximate surface area is 118 Å². The molecule has 1 N–H and O–H groups in total. The minimum absolute atomic E-state index is 0.0911. The van der Waals surface area contributed by atoms with Crippen molar-refractivity contribution in [3.8, 4) is 0 Å². The van der Waals surface area contributed by atoms with Crippen molar-refractivity contribution >= 4 is 12.0 Å². The Balaban J connectivity index is 1.96. The smallest absolute Gasteiger partial charge is 0.329 e. The average Bonchev–Trinajstić information content (AvgIpc) is 2.94. The molecular formula is C13H22N4O3. The molecule has 1 aliphatic heterocycles. The predicted molar refractivity (Wildman–Crippen MR) is 73.5 cm³/mol. The van der Waals surface area contributed by atoms with Crippen molar-refractivity contribution in [3.05, 3.63) is 5.82 Å². The molecule has 7 heteroatoms. The van der Waals surface area contributed by atoms with Crippen LogP contribution < -0.4 is 5.32 Å². The monoisotopic (exact) mass is 282 g/mol. The number of hydrogen-bond donors (Lipinski definition) is 1. The van der Waals surface area contributed by atoms with Crippen molar-refractivity contribution in [3.63, 3.8) is 0 Å². The molecule has 20 heavy (non-hydrogen) atoms. The van der Waals surface area contributed by atoms with Crippen LogP contribution in [0.5, 0.6) is 0 Å². The van der Waals surface area contributed by atoms with E-state index in [4.69, 9.17) is 9.26 Å². The quantitative estimate of drug-likeness (QED) is 0.914. The van der Waals surface area contributed by atoms with Gasteiger partial charge in [-0.15, -0.1) is 0 Å². The van der Waals surface area contributed by atoms with Gasteiger partial charge in [-0.2, -0.15) is 4.98 Å². The Hall–Kier alpha value is -1.63. The molecule has 2 unspecified atom stereocenters. The third kappa shape index (κ3) is 3.47. The number of nitrogens with zero attached hydrogens (tertiary/aromatic N) is 3. The van der Waals surface area contributed by atoms with Gasteiger partial charge in [0.25, 0.3) is 0 Å². The molecule has 0 bridgehead atoms. The van der Waals surface area contributed by atoms with Crippen molar-refractivity contribution in [2.24, 2.45) is 0 Å². The highest BCUT2D eigenvalue weighted by Crippen LogP contribution is 2.17. The summed E-state index contributed by atoms with van der Waals surface area (Å²) < 4.78 is 10.8. The highest BCUT2D eigenvalue weighted by Gasteiger charge is 2.29. The van der Waals surface area contributed by atoms with E-state index >= 15 is 0 Å². The van der Waals surface area contributed by atoms with E-state index < -0.39 is 0 Å². The van der Waals surface area contributed by atoms with Crippen LogP contribution in [0, 0.1) is 0 Å². The lowest BCUT2D eigenvalue weighted by atomic mass is 10.1. The summed E-state index contributed by atoms with van der Waals surface area (Å²) in [5.74, 6) is 0.583. The van der Waals surface area contributed by atoms with Crippen LogP contribution in [-0.4, -0.2) is 46.4 Å². The standard InChI is InChI=1S/C13H22N4O3/c1-4-9-7-17(8-10(5-2)19-9)13(18)15-12-14-11(6-3)16-20-12/h9-10H,4-8H2,1-3H3,(H,14,15,16,18). The van der Waals surface area contributed by atoms with Crippen LogP contribution in [0.25, 0.3) is 0 Å². The van der Waals surface area contributed by atoms with Crippen molar-refractivity contribution < 1.29 is 14.1 Å². The molecule has 1 aromatic heterocycles. The van der Waals surface area contributed by atoms with Crippen LogP contribution in [0.2, 0.25) is 0 Å². The van der Waals surface area contributed by atoms with Crippen molar-refractivity contribution in [2.75, 3.05) is 18.4 Å². The molecular weight excluding hydrogens is 260 g/mol. The molecule has 0 aliphatic carbocycles. The molecule has 0 aromatic carbocycles. The van der Waals surface area contributed by atoms with Crippen molar-refractivity contribution in [1.29, 1.82) is 0 Å². The summed E-state index contributed by atoms with van der Waals surface area (Å²) in [4.78, 5) is 18.0. The van der Waals surface area contributed by atoms with Gasteiger partial charge in [-0.3, -0.25) is 5.32 Å². The van der Waals surface area contributed by atoms with Crippen LogP contribution in [-0.2, 0) is 11.2 Å². The first kappa shape index (κ1) is 14.8. The van der Waals surface area contributed by atoms with Crippen molar-refractivity contribution in [1.82, 2.24) is 15.0 Å². The first-order chi connectivity index (χ1) is 9.66. The number of aryl methyl sites for hydroxylation is 1. The highest BCUT2D eigenvalue weighted by molar-refractivity contribution is 5.87. The summed E-state index contributed by atoms with van der Waals surface area (Å²) in [5, 5.41) is 6.40. The number of rotatable bonds is 4. The maximum absolute atomic E-state index is 12.2. The van der Waals surface area contributed by atoms with E-state index in [1.807, 2.05) is 6.92 Å². The number of hydrogen-bond acceptors (Lipinski definition) is 5. The third-order valence-corrected chi connectivity index (χ3v) is 3.43. The number of ether oxygens (including phenoxy) is 1. The maximum Gasteiger partial charge on any atom is 0.329 e. The lowest BCUT2D eigenvalue weighted by Gasteiger charge is -2.37. The van der Waals surface area contributed by atoms with Gasteiger partial charge in [-0.25, -0.2) is 4.79 Å². The summed E-state index contributed by atoms with van der Waals surface area (Å²) in [6.45, 7) is 7.23. The van der Waals surface area contributed by atoms with Gasteiger partial charge in [0.05, 0.1) is 12.2 Å². The Kier molecular flexibility index (Phi) is 4.94. The molecule has 2 heterocycles. The van der Waals surface area contributed by atoms with E-state index in [0.29, 0.717) is 25.3 Å². The normalized spacial score (nSPS) is 22.9. The molecule has 7 nitrogen and oxygen atoms in total. The summed E-state index contributed by atoms with van der Waals surface area (Å²) in [6, 6.07) is -0.0593. The van der Waals surface area contributed by atoms with E-state index in [1.54, 1.807) is 4.90 Å². The average molecular weight is 282 g/mol. The number of anilines is 1. The lowest BCUT2D eigenvalue weighted by molar-refractivity contribution is -0.0730. The Bertz CT molecular complexity index is 437. The number of nitrogens with one attached hydrogen (secondary N) is 1. The topological polar surface area (TPSA) is 80.5 Å². The van der Waals surface area contributed by atoms with Gasteiger partial charge in [0.1, 0.15) is 0 Å². The van der Waals surface area contributed by atoms with E-state index in [1.165, 1.54) is 0 Å². The van der Waals surface area contributed by atoms with E-state index in [-0.39, 0.29) is 24.3 Å². The zero-order valence-electron chi connectivity index (χ0n) is 12.3. The van der Waals surface area contributed by atoms with Crippen LogP contribution in [0.15, 0.2) is 4.52 Å². The zero-order valence-corrected chi connectivity index (χ0v) is 12.3. The second-order valence-electron chi connectivity index (χ2n) is 4.90. The van der Waals surface area contributed by atoms with Crippen LogP contribution in [0.4, 0.5) is 10.8 Å². The van der Waals surface area contributed by atoms with Gasteiger partial charge in [-0.1, -0.05) is 25.9 Å². The Morgan fingerprint density at radius 1 is 1.30 bits per heavy atom. The van der Waals surface area contributed by atoms with Crippen LogP contribution >= 0.6 is 0 Å². The number of amides is 2. The predicted octanol–water partition coefficient (Wildman–Crippen LogP) is 2.05. The minimum Gasteiger partial charge on any atom is -0.371 e. The van der Waals surface area contributed by atoms with Crippen LogP contribution in [0.1, 0.15) is 39.4 Å². The molecule has 2 rings (SSSR count). The molecule has 2 amide bonds. The first-order valence-electron chi connectivity index (χ1n) is 7.20. The van der Waals surface area contributed by atoms with Gasteiger partial charge in [0, 0.05) is 19.5 Å². The zero-order chi connectivity index (χ0) is 14.5. The number of carbonyl (C=O) groups excluding carboxylic acids is 1. The maximum atomic E-state index is 12.2. The molecule has 0 saturated carbocycles. The van der Waals surface area contributed by atoms with Gasteiger partial charge in [-0.05, 0) is 12.8 Å². The molecule has 0 radical (unpaired) electrons. The fraction of sp³-hybridized carbons (Fsp3) is 0.769. The fourth-order valence-corrected chi connectivity index (χ4v) is 2.16. The number of aromatic nitrogens is 2. The molecule has 0 spiro atoms. The van der Waals surface area contributed by atoms with E-state index in [9.17, 15) is 4.79 Å².